The third-order valence-corrected chi connectivity index (χ3v) is 4.77. The normalized spacial score (nSPS) is 11.4. The van der Waals surface area contributed by atoms with Gasteiger partial charge in [0.1, 0.15) is 0 Å². The molecular formula is C23H29N5O. The van der Waals surface area contributed by atoms with E-state index in [2.05, 4.69) is 50.3 Å². The largest absolute Gasteiger partial charge is 0.361 e. The second kappa shape index (κ2) is 10.3. The molecule has 0 atom stereocenters. The molecule has 0 aliphatic heterocycles. The van der Waals surface area contributed by atoms with E-state index in [9.17, 15) is 4.79 Å². The molecule has 152 valence electrons. The number of aliphatic imine (C=N–C) groups is 1. The number of para-hydroxylation sites is 1. The molecule has 2 aromatic carbocycles. The fourth-order valence-electron chi connectivity index (χ4n) is 3.22. The van der Waals surface area contributed by atoms with E-state index >= 15 is 0 Å². The molecule has 3 rings (SSSR count). The predicted molar refractivity (Wildman–Crippen MR) is 119 cm³/mol. The van der Waals surface area contributed by atoms with Crippen LogP contribution in [0.5, 0.6) is 0 Å². The Labute approximate surface area is 171 Å². The van der Waals surface area contributed by atoms with Crippen molar-refractivity contribution < 1.29 is 4.79 Å². The fourth-order valence-corrected chi connectivity index (χ4v) is 3.22. The van der Waals surface area contributed by atoms with Gasteiger partial charge in [0, 0.05) is 49.3 Å². The summed E-state index contributed by atoms with van der Waals surface area (Å²) in [5, 5.41) is 10.8. The molecule has 0 spiro atoms. The number of amides is 1. The van der Waals surface area contributed by atoms with Crippen LogP contribution in [0.25, 0.3) is 10.9 Å². The van der Waals surface area contributed by atoms with E-state index in [0.717, 1.165) is 36.4 Å². The van der Waals surface area contributed by atoms with Gasteiger partial charge in [-0.1, -0.05) is 37.3 Å². The second-order valence-electron chi connectivity index (χ2n) is 6.92. The highest BCUT2D eigenvalue weighted by atomic mass is 16.1. The molecule has 0 unspecified atom stereocenters. The topological polar surface area (TPSA) is 81.3 Å². The minimum atomic E-state index is -0.0325. The van der Waals surface area contributed by atoms with Gasteiger partial charge in [-0.3, -0.25) is 9.79 Å². The maximum Gasteiger partial charge on any atom is 0.251 e. The zero-order valence-electron chi connectivity index (χ0n) is 17.1. The van der Waals surface area contributed by atoms with Crippen molar-refractivity contribution in [2.45, 2.75) is 26.3 Å². The van der Waals surface area contributed by atoms with E-state index in [1.807, 2.05) is 37.3 Å². The molecule has 0 aliphatic carbocycles. The zero-order valence-corrected chi connectivity index (χ0v) is 17.1. The molecule has 1 heterocycles. The lowest BCUT2D eigenvalue weighted by Gasteiger charge is -2.12. The first-order valence-electron chi connectivity index (χ1n) is 10.1. The summed E-state index contributed by atoms with van der Waals surface area (Å²) in [7, 11) is 1.76. The number of nitrogens with one attached hydrogen (secondary N) is 4. The van der Waals surface area contributed by atoms with Crippen molar-refractivity contribution in [2.75, 3.05) is 20.1 Å². The van der Waals surface area contributed by atoms with Gasteiger partial charge >= 0.3 is 0 Å². The van der Waals surface area contributed by atoms with Crippen LogP contribution >= 0.6 is 0 Å². The van der Waals surface area contributed by atoms with Gasteiger partial charge in [-0.05, 0) is 42.2 Å². The number of hydrogen-bond donors (Lipinski definition) is 4. The molecule has 1 amide bonds. The number of carbonyl (C=O) groups is 1. The third kappa shape index (κ3) is 5.60. The maximum atomic E-state index is 12.1. The monoisotopic (exact) mass is 391 g/mol. The average Bonchev–Trinajstić information content (AvgIpc) is 3.17. The van der Waals surface area contributed by atoms with Crippen LogP contribution < -0.4 is 16.0 Å². The standard InChI is InChI=1S/C23H29N5O/c1-3-12-25-22(29)18-8-6-7-17(14-18)15-28-23(24-2)26-13-11-19-16-27-21-10-5-4-9-20(19)21/h4-10,14,16,27H,3,11-13,15H2,1-2H3,(H,25,29)(H2,24,26,28). The number of rotatable bonds is 8. The first kappa shape index (κ1) is 20.5. The van der Waals surface area contributed by atoms with Crippen LogP contribution in [-0.2, 0) is 13.0 Å². The van der Waals surface area contributed by atoms with Crippen molar-refractivity contribution in [3.63, 3.8) is 0 Å². The molecule has 1 aromatic heterocycles. The van der Waals surface area contributed by atoms with E-state index in [1.165, 1.54) is 10.9 Å². The lowest BCUT2D eigenvalue weighted by atomic mass is 10.1. The molecular weight excluding hydrogens is 362 g/mol. The molecule has 6 nitrogen and oxygen atoms in total. The van der Waals surface area contributed by atoms with Crippen molar-refractivity contribution in [3.8, 4) is 0 Å². The summed E-state index contributed by atoms with van der Waals surface area (Å²) >= 11 is 0. The second-order valence-corrected chi connectivity index (χ2v) is 6.92. The number of benzene rings is 2. The number of nitrogens with zero attached hydrogens (tertiary/aromatic N) is 1. The number of carbonyl (C=O) groups excluding carboxylic acids is 1. The molecule has 0 aliphatic rings. The minimum Gasteiger partial charge on any atom is -0.361 e. The SMILES string of the molecule is CCCNC(=O)c1cccc(CNC(=NC)NCCc2c[nH]c3ccccc23)c1. The van der Waals surface area contributed by atoms with E-state index in [-0.39, 0.29) is 5.91 Å². The lowest BCUT2D eigenvalue weighted by Crippen LogP contribution is -2.37. The Morgan fingerprint density at radius 1 is 1.03 bits per heavy atom. The number of H-pyrrole nitrogens is 1. The van der Waals surface area contributed by atoms with Gasteiger partial charge in [0.05, 0.1) is 0 Å². The molecule has 6 heteroatoms. The van der Waals surface area contributed by atoms with E-state index in [4.69, 9.17) is 0 Å². The summed E-state index contributed by atoms with van der Waals surface area (Å²) in [5.74, 6) is 0.709. The Morgan fingerprint density at radius 3 is 2.72 bits per heavy atom. The number of guanidine groups is 1. The minimum absolute atomic E-state index is 0.0325. The van der Waals surface area contributed by atoms with Crippen LogP contribution in [0.2, 0.25) is 0 Å². The summed E-state index contributed by atoms with van der Waals surface area (Å²) in [6.07, 6.45) is 3.89. The van der Waals surface area contributed by atoms with Crippen LogP contribution in [0.1, 0.15) is 34.8 Å². The fraction of sp³-hybridized carbons (Fsp3) is 0.304. The molecule has 3 aromatic rings. The first-order chi connectivity index (χ1) is 14.2. The van der Waals surface area contributed by atoms with Crippen LogP contribution in [0.3, 0.4) is 0 Å². The molecule has 0 radical (unpaired) electrons. The quantitative estimate of drug-likeness (QED) is 0.352. The van der Waals surface area contributed by atoms with Crippen molar-refractivity contribution in [3.05, 3.63) is 71.4 Å². The summed E-state index contributed by atoms with van der Waals surface area (Å²) in [5.41, 5.74) is 4.16. The van der Waals surface area contributed by atoms with Crippen molar-refractivity contribution in [2.24, 2.45) is 4.99 Å². The molecule has 0 fully saturated rings. The first-order valence-corrected chi connectivity index (χ1v) is 10.1. The number of fused-ring (bicyclic) bond motifs is 1. The summed E-state index contributed by atoms with van der Waals surface area (Å²) < 4.78 is 0. The van der Waals surface area contributed by atoms with Crippen LogP contribution in [0.4, 0.5) is 0 Å². The number of aromatic amines is 1. The van der Waals surface area contributed by atoms with Crippen molar-refractivity contribution >= 4 is 22.8 Å². The van der Waals surface area contributed by atoms with Crippen LogP contribution in [0.15, 0.2) is 59.7 Å². The van der Waals surface area contributed by atoms with Crippen molar-refractivity contribution in [1.82, 2.24) is 20.9 Å². The third-order valence-electron chi connectivity index (χ3n) is 4.77. The highest BCUT2D eigenvalue weighted by Gasteiger charge is 2.06. The van der Waals surface area contributed by atoms with Crippen LogP contribution in [0, 0.1) is 0 Å². The predicted octanol–water partition coefficient (Wildman–Crippen LogP) is 3.22. The van der Waals surface area contributed by atoms with E-state index < -0.39 is 0 Å². The lowest BCUT2D eigenvalue weighted by molar-refractivity contribution is 0.0953. The van der Waals surface area contributed by atoms with E-state index in [0.29, 0.717) is 18.7 Å². The maximum absolute atomic E-state index is 12.1. The van der Waals surface area contributed by atoms with Gasteiger partial charge in [-0.15, -0.1) is 0 Å². The van der Waals surface area contributed by atoms with Gasteiger partial charge < -0.3 is 20.9 Å². The Balaban J connectivity index is 1.50. The summed E-state index contributed by atoms with van der Waals surface area (Å²) in [6, 6.07) is 16.0. The van der Waals surface area contributed by atoms with Crippen LogP contribution in [-0.4, -0.2) is 37.0 Å². The Morgan fingerprint density at radius 2 is 1.90 bits per heavy atom. The smallest absolute Gasteiger partial charge is 0.251 e. The average molecular weight is 392 g/mol. The number of hydrogen-bond acceptors (Lipinski definition) is 2. The number of aromatic nitrogens is 1. The summed E-state index contributed by atoms with van der Waals surface area (Å²) in [6.45, 7) is 4.11. The molecule has 0 bridgehead atoms. The molecule has 29 heavy (non-hydrogen) atoms. The highest BCUT2D eigenvalue weighted by Crippen LogP contribution is 2.17. The molecule has 4 N–H and O–H groups in total. The summed E-state index contributed by atoms with van der Waals surface area (Å²) in [4.78, 5) is 19.7. The van der Waals surface area contributed by atoms with Gasteiger partial charge in [-0.25, -0.2) is 0 Å². The molecule has 0 saturated carbocycles. The zero-order chi connectivity index (χ0) is 20.5. The van der Waals surface area contributed by atoms with Gasteiger partial charge in [0.2, 0.25) is 0 Å². The van der Waals surface area contributed by atoms with Gasteiger partial charge in [0.15, 0.2) is 5.96 Å². The molecule has 0 saturated heterocycles. The Kier molecular flexibility index (Phi) is 7.28. The Hall–Kier alpha value is -3.28. The Bertz CT molecular complexity index is 976. The van der Waals surface area contributed by atoms with Crippen molar-refractivity contribution in [1.29, 1.82) is 0 Å². The highest BCUT2D eigenvalue weighted by molar-refractivity contribution is 5.94. The van der Waals surface area contributed by atoms with Gasteiger partial charge in [0.25, 0.3) is 5.91 Å². The van der Waals surface area contributed by atoms with E-state index in [1.54, 1.807) is 7.05 Å². The van der Waals surface area contributed by atoms with Gasteiger partial charge in [-0.2, -0.15) is 0 Å².